The molecule has 0 bridgehead atoms. The van der Waals surface area contributed by atoms with Crippen LogP contribution in [0.1, 0.15) is 36.8 Å². The number of hydrogen-bond acceptors (Lipinski definition) is 4. The van der Waals surface area contributed by atoms with E-state index >= 15 is 0 Å². The van der Waals surface area contributed by atoms with Gasteiger partial charge < -0.3 is 19.9 Å². The first-order valence-electron chi connectivity index (χ1n) is 9.82. The lowest BCUT2D eigenvalue weighted by Crippen LogP contribution is -2.52. The van der Waals surface area contributed by atoms with Crippen LogP contribution < -0.4 is 14.8 Å². The topological polar surface area (TPSA) is 84.9 Å². The second-order valence-electron chi connectivity index (χ2n) is 7.33. The van der Waals surface area contributed by atoms with Crippen molar-refractivity contribution in [1.82, 2.24) is 5.32 Å². The first-order valence-corrected chi connectivity index (χ1v) is 10.2. The second-order valence-corrected chi connectivity index (χ2v) is 7.74. The van der Waals surface area contributed by atoms with Gasteiger partial charge in [-0.25, -0.2) is 9.18 Å². The summed E-state index contributed by atoms with van der Waals surface area (Å²) in [7, 11) is 1.47. The number of aliphatic carboxylic acids is 1. The average Bonchev–Trinajstić information content (AvgIpc) is 3.23. The van der Waals surface area contributed by atoms with Crippen LogP contribution in [0.2, 0.25) is 5.02 Å². The summed E-state index contributed by atoms with van der Waals surface area (Å²) in [5.74, 6) is -1.21. The Labute approximate surface area is 184 Å². The Morgan fingerprint density at radius 2 is 1.97 bits per heavy atom. The molecule has 31 heavy (non-hydrogen) atoms. The van der Waals surface area contributed by atoms with E-state index in [1.807, 2.05) is 0 Å². The van der Waals surface area contributed by atoms with E-state index < -0.39 is 23.2 Å². The molecule has 0 aromatic heterocycles. The normalized spacial score (nSPS) is 15.1. The van der Waals surface area contributed by atoms with Crippen LogP contribution in [0, 0.1) is 5.82 Å². The van der Waals surface area contributed by atoms with Gasteiger partial charge in [0.25, 0.3) is 0 Å². The molecule has 0 spiro atoms. The smallest absolute Gasteiger partial charge is 0.329 e. The number of benzene rings is 2. The van der Waals surface area contributed by atoms with Crippen LogP contribution in [0.3, 0.4) is 0 Å². The van der Waals surface area contributed by atoms with Gasteiger partial charge in [0.15, 0.2) is 11.5 Å². The van der Waals surface area contributed by atoms with Crippen LogP contribution in [0.4, 0.5) is 4.39 Å². The largest absolute Gasteiger partial charge is 0.493 e. The standard InChI is InChI=1S/C23H23ClFNO5/c1-30-19-13-15(8-10-20(27)26-23(22(28)29)11-2-3-12-23)7-9-18(19)31-14-16-5-4-6-17(24)21(16)25/h4-10,13H,2-3,11-12,14H2,1H3,(H,26,27)(H,28,29)/b10-8+. The molecule has 0 radical (unpaired) electrons. The number of carboxylic acids is 1. The van der Waals surface area contributed by atoms with Gasteiger partial charge in [0.2, 0.25) is 5.91 Å². The summed E-state index contributed by atoms with van der Waals surface area (Å²) in [5.41, 5.74) is -0.217. The molecule has 164 valence electrons. The van der Waals surface area contributed by atoms with Gasteiger partial charge in [0.05, 0.1) is 12.1 Å². The maximum Gasteiger partial charge on any atom is 0.329 e. The minimum Gasteiger partial charge on any atom is -0.493 e. The Bertz CT molecular complexity index is 1000. The van der Waals surface area contributed by atoms with Gasteiger partial charge in [-0.1, -0.05) is 42.6 Å². The maximum atomic E-state index is 14.0. The molecule has 2 aromatic rings. The minimum atomic E-state index is -1.19. The number of halogens is 2. The number of carbonyl (C=O) groups excluding carboxylic acids is 1. The molecule has 0 atom stereocenters. The van der Waals surface area contributed by atoms with E-state index in [9.17, 15) is 19.1 Å². The highest BCUT2D eigenvalue weighted by Crippen LogP contribution is 2.31. The number of carboxylic acid groups (broad SMARTS) is 1. The van der Waals surface area contributed by atoms with Crippen molar-refractivity contribution in [2.24, 2.45) is 0 Å². The number of amides is 1. The molecule has 0 saturated heterocycles. The molecular formula is C23H23ClFNO5. The second kappa shape index (κ2) is 9.83. The molecule has 8 heteroatoms. The predicted octanol–water partition coefficient (Wildman–Crippen LogP) is 4.59. The van der Waals surface area contributed by atoms with Gasteiger partial charge in [0, 0.05) is 11.6 Å². The molecule has 1 amide bonds. The molecule has 1 saturated carbocycles. The summed E-state index contributed by atoms with van der Waals surface area (Å²) in [6.07, 6.45) is 5.24. The lowest BCUT2D eigenvalue weighted by molar-refractivity contribution is -0.146. The van der Waals surface area contributed by atoms with Crippen LogP contribution in [0.5, 0.6) is 11.5 Å². The number of carbonyl (C=O) groups is 2. The highest BCUT2D eigenvalue weighted by Gasteiger charge is 2.42. The van der Waals surface area contributed by atoms with E-state index in [4.69, 9.17) is 21.1 Å². The molecule has 0 heterocycles. The third-order valence-corrected chi connectivity index (χ3v) is 5.55. The van der Waals surface area contributed by atoms with Crippen molar-refractivity contribution in [3.05, 3.63) is 64.4 Å². The van der Waals surface area contributed by atoms with Crippen molar-refractivity contribution in [2.75, 3.05) is 7.11 Å². The zero-order valence-corrected chi connectivity index (χ0v) is 17.7. The van der Waals surface area contributed by atoms with Gasteiger partial charge >= 0.3 is 5.97 Å². The fraction of sp³-hybridized carbons (Fsp3) is 0.304. The number of methoxy groups -OCH3 is 1. The Kier molecular flexibility index (Phi) is 7.17. The molecule has 1 fully saturated rings. The summed E-state index contributed by atoms with van der Waals surface area (Å²) >= 11 is 5.79. The lowest BCUT2D eigenvalue weighted by Gasteiger charge is -2.24. The van der Waals surface area contributed by atoms with Crippen molar-refractivity contribution in [3.63, 3.8) is 0 Å². The van der Waals surface area contributed by atoms with Crippen LogP contribution in [-0.2, 0) is 16.2 Å². The van der Waals surface area contributed by atoms with Crippen LogP contribution in [-0.4, -0.2) is 29.6 Å². The highest BCUT2D eigenvalue weighted by molar-refractivity contribution is 6.30. The summed E-state index contributed by atoms with van der Waals surface area (Å²) < 4.78 is 25.0. The predicted molar refractivity (Wildman–Crippen MR) is 115 cm³/mol. The quantitative estimate of drug-likeness (QED) is 0.578. The Balaban J connectivity index is 1.67. The molecule has 2 N–H and O–H groups in total. The van der Waals surface area contributed by atoms with Gasteiger partial charge in [-0.15, -0.1) is 0 Å². The third-order valence-electron chi connectivity index (χ3n) is 5.26. The molecule has 0 aliphatic heterocycles. The van der Waals surface area contributed by atoms with Gasteiger partial charge in [0.1, 0.15) is 18.0 Å². The molecule has 6 nitrogen and oxygen atoms in total. The van der Waals surface area contributed by atoms with Crippen molar-refractivity contribution in [2.45, 2.75) is 37.8 Å². The first-order chi connectivity index (χ1) is 14.8. The minimum absolute atomic E-state index is 0.0223. The maximum absolute atomic E-state index is 14.0. The average molecular weight is 448 g/mol. The van der Waals surface area contributed by atoms with E-state index in [2.05, 4.69) is 5.32 Å². The van der Waals surface area contributed by atoms with E-state index in [0.717, 1.165) is 12.8 Å². The molecule has 0 unspecified atom stereocenters. The van der Waals surface area contributed by atoms with Crippen molar-refractivity contribution in [3.8, 4) is 11.5 Å². The third kappa shape index (κ3) is 5.35. The Morgan fingerprint density at radius 1 is 1.23 bits per heavy atom. The van der Waals surface area contributed by atoms with Crippen molar-refractivity contribution >= 4 is 29.6 Å². The van der Waals surface area contributed by atoms with Gasteiger partial charge in [-0.3, -0.25) is 4.79 Å². The SMILES string of the molecule is COc1cc(/C=C/C(=O)NC2(C(=O)O)CCCC2)ccc1OCc1cccc(Cl)c1F. The van der Waals surface area contributed by atoms with Crippen LogP contribution in [0.15, 0.2) is 42.5 Å². The Hall–Kier alpha value is -3.06. The highest BCUT2D eigenvalue weighted by atomic mass is 35.5. The first kappa shape index (κ1) is 22.6. The van der Waals surface area contributed by atoms with Crippen LogP contribution in [0.25, 0.3) is 6.08 Å². The molecular weight excluding hydrogens is 425 g/mol. The summed E-state index contributed by atoms with van der Waals surface area (Å²) in [4.78, 5) is 23.8. The fourth-order valence-corrected chi connectivity index (χ4v) is 3.74. The Morgan fingerprint density at radius 3 is 2.65 bits per heavy atom. The molecule has 3 rings (SSSR count). The number of rotatable bonds is 8. The summed E-state index contributed by atoms with van der Waals surface area (Å²) in [6.45, 7) is -0.0301. The fourth-order valence-electron chi connectivity index (χ4n) is 3.54. The van der Waals surface area contributed by atoms with E-state index in [1.165, 1.54) is 19.3 Å². The monoisotopic (exact) mass is 447 g/mol. The van der Waals surface area contributed by atoms with E-state index in [1.54, 1.807) is 36.4 Å². The summed E-state index contributed by atoms with van der Waals surface area (Å²) in [5, 5.41) is 12.1. The molecule has 1 aliphatic carbocycles. The van der Waals surface area contributed by atoms with Gasteiger partial charge in [-0.05, 0) is 42.7 Å². The zero-order chi connectivity index (χ0) is 22.4. The zero-order valence-electron chi connectivity index (χ0n) is 17.0. The molecule has 2 aromatic carbocycles. The lowest BCUT2D eigenvalue weighted by atomic mass is 9.98. The van der Waals surface area contributed by atoms with E-state index in [-0.39, 0.29) is 11.6 Å². The number of ether oxygens (including phenoxy) is 2. The van der Waals surface area contributed by atoms with E-state index in [0.29, 0.717) is 35.5 Å². The van der Waals surface area contributed by atoms with Crippen molar-refractivity contribution < 1.29 is 28.6 Å². The van der Waals surface area contributed by atoms with Crippen molar-refractivity contribution in [1.29, 1.82) is 0 Å². The summed E-state index contributed by atoms with van der Waals surface area (Å²) in [6, 6.07) is 9.70. The van der Waals surface area contributed by atoms with Crippen LogP contribution >= 0.6 is 11.6 Å². The van der Waals surface area contributed by atoms with Gasteiger partial charge in [-0.2, -0.15) is 0 Å². The molecule has 1 aliphatic rings. The number of nitrogens with one attached hydrogen (secondary N) is 1. The number of hydrogen-bond donors (Lipinski definition) is 2.